The molecule has 0 radical (unpaired) electrons. The summed E-state index contributed by atoms with van der Waals surface area (Å²) in [6, 6.07) is 2.07. The standard InChI is InChI=1S/C10H10F2N2O5/c1-2-18-9(15)5-3-4-6(13)8(19-10(11)12)7(5)14(16)17/h3-4,10H,2,13H2,1H3. The van der Waals surface area contributed by atoms with Crippen LogP contribution in [0.4, 0.5) is 20.2 Å². The van der Waals surface area contributed by atoms with E-state index in [0.29, 0.717) is 0 Å². The first-order chi connectivity index (χ1) is 8.88. The lowest BCUT2D eigenvalue weighted by molar-refractivity contribution is -0.386. The second kappa shape index (κ2) is 5.94. The minimum absolute atomic E-state index is 0.0224. The molecule has 0 unspecified atom stereocenters. The number of nitro groups is 1. The van der Waals surface area contributed by atoms with Gasteiger partial charge in [0, 0.05) is 0 Å². The van der Waals surface area contributed by atoms with Crippen LogP contribution in [0.3, 0.4) is 0 Å². The average Bonchev–Trinajstić information content (AvgIpc) is 2.30. The van der Waals surface area contributed by atoms with Crippen molar-refractivity contribution in [3.05, 3.63) is 27.8 Å². The van der Waals surface area contributed by atoms with Gasteiger partial charge in [-0.05, 0) is 19.1 Å². The smallest absolute Gasteiger partial charge is 0.387 e. The molecule has 1 aromatic rings. The van der Waals surface area contributed by atoms with Crippen LogP contribution in [0.15, 0.2) is 12.1 Å². The summed E-state index contributed by atoms with van der Waals surface area (Å²) in [7, 11) is 0. The highest BCUT2D eigenvalue weighted by Gasteiger charge is 2.30. The third-order valence-corrected chi connectivity index (χ3v) is 2.05. The van der Waals surface area contributed by atoms with E-state index in [1.165, 1.54) is 6.92 Å². The first-order valence-electron chi connectivity index (χ1n) is 5.07. The monoisotopic (exact) mass is 276 g/mol. The van der Waals surface area contributed by atoms with Crippen molar-refractivity contribution in [1.29, 1.82) is 0 Å². The minimum Gasteiger partial charge on any atom is -0.462 e. The lowest BCUT2D eigenvalue weighted by Gasteiger charge is -2.10. The molecule has 0 aliphatic heterocycles. The molecule has 0 spiro atoms. The van der Waals surface area contributed by atoms with Crippen LogP contribution in [0.25, 0.3) is 0 Å². The minimum atomic E-state index is -3.31. The van der Waals surface area contributed by atoms with E-state index in [9.17, 15) is 23.7 Å². The van der Waals surface area contributed by atoms with Gasteiger partial charge in [0.05, 0.1) is 17.2 Å². The van der Waals surface area contributed by atoms with Gasteiger partial charge < -0.3 is 15.2 Å². The molecule has 0 saturated carbocycles. The van der Waals surface area contributed by atoms with E-state index in [-0.39, 0.29) is 12.3 Å². The van der Waals surface area contributed by atoms with Crippen molar-refractivity contribution >= 4 is 17.3 Å². The number of carbonyl (C=O) groups is 1. The Morgan fingerprint density at radius 2 is 2.16 bits per heavy atom. The number of nitrogens with two attached hydrogens (primary N) is 1. The Balaban J connectivity index is 3.40. The average molecular weight is 276 g/mol. The van der Waals surface area contributed by atoms with E-state index >= 15 is 0 Å². The number of nitrogens with zero attached hydrogens (tertiary/aromatic N) is 1. The van der Waals surface area contributed by atoms with Crippen LogP contribution in [0, 0.1) is 10.1 Å². The van der Waals surface area contributed by atoms with Crippen LogP contribution in [-0.2, 0) is 4.74 Å². The van der Waals surface area contributed by atoms with Crippen molar-refractivity contribution in [2.24, 2.45) is 0 Å². The number of nitrogen functional groups attached to an aromatic ring is 1. The second-order valence-electron chi connectivity index (χ2n) is 3.24. The molecule has 1 rings (SSSR count). The number of halogens is 2. The van der Waals surface area contributed by atoms with Crippen LogP contribution in [0.2, 0.25) is 0 Å². The van der Waals surface area contributed by atoms with Crippen LogP contribution < -0.4 is 10.5 Å². The first-order valence-corrected chi connectivity index (χ1v) is 5.07. The molecule has 0 bridgehead atoms. The van der Waals surface area contributed by atoms with E-state index in [1.807, 2.05) is 0 Å². The third kappa shape index (κ3) is 3.27. The van der Waals surface area contributed by atoms with Crippen LogP contribution in [0.1, 0.15) is 17.3 Å². The van der Waals surface area contributed by atoms with Gasteiger partial charge in [-0.1, -0.05) is 0 Å². The molecular weight excluding hydrogens is 266 g/mol. The van der Waals surface area contributed by atoms with Gasteiger partial charge in [0.1, 0.15) is 5.56 Å². The molecule has 0 saturated heterocycles. The lowest BCUT2D eigenvalue weighted by Crippen LogP contribution is -2.12. The third-order valence-electron chi connectivity index (χ3n) is 2.05. The van der Waals surface area contributed by atoms with E-state index < -0.39 is 34.5 Å². The topological polar surface area (TPSA) is 105 Å². The molecule has 7 nitrogen and oxygen atoms in total. The number of carbonyl (C=O) groups excluding carboxylic acids is 1. The maximum absolute atomic E-state index is 12.2. The van der Waals surface area contributed by atoms with Crippen LogP contribution in [0.5, 0.6) is 5.75 Å². The van der Waals surface area contributed by atoms with E-state index in [4.69, 9.17) is 5.73 Å². The molecule has 104 valence electrons. The highest BCUT2D eigenvalue weighted by Crippen LogP contribution is 2.37. The van der Waals surface area contributed by atoms with Gasteiger partial charge in [0.15, 0.2) is 0 Å². The number of benzene rings is 1. The highest BCUT2D eigenvalue weighted by molar-refractivity contribution is 5.96. The predicted octanol–water partition coefficient (Wildman–Crippen LogP) is 1.96. The molecule has 0 aliphatic carbocycles. The summed E-state index contributed by atoms with van der Waals surface area (Å²) >= 11 is 0. The van der Waals surface area contributed by atoms with Crippen LogP contribution in [-0.4, -0.2) is 24.1 Å². The maximum Gasteiger partial charge on any atom is 0.387 e. The molecule has 19 heavy (non-hydrogen) atoms. The zero-order valence-electron chi connectivity index (χ0n) is 9.76. The number of nitro benzene ring substituents is 1. The van der Waals surface area contributed by atoms with Crippen molar-refractivity contribution in [3.63, 3.8) is 0 Å². The summed E-state index contributed by atoms with van der Waals surface area (Å²) in [5.74, 6) is -1.88. The normalized spacial score (nSPS) is 10.3. The zero-order chi connectivity index (χ0) is 14.6. The van der Waals surface area contributed by atoms with Gasteiger partial charge in [-0.3, -0.25) is 10.1 Å². The number of ether oxygens (including phenoxy) is 2. The summed E-state index contributed by atoms with van der Waals surface area (Å²) in [6.07, 6.45) is 0. The molecule has 0 aromatic heterocycles. The molecule has 0 heterocycles. The van der Waals surface area contributed by atoms with Crippen molar-refractivity contribution in [2.45, 2.75) is 13.5 Å². The Morgan fingerprint density at radius 3 is 2.63 bits per heavy atom. The summed E-state index contributed by atoms with van der Waals surface area (Å²) in [5, 5.41) is 10.9. The highest BCUT2D eigenvalue weighted by atomic mass is 19.3. The Labute approximate surface area is 106 Å². The number of hydrogen-bond acceptors (Lipinski definition) is 6. The van der Waals surface area contributed by atoms with Gasteiger partial charge in [-0.25, -0.2) is 4.79 Å². The van der Waals surface area contributed by atoms with Gasteiger partial charge >= 0.3 is 18.3 Å². The molecule has 2 N–H and O–H groups in total. The largest absolute Gasteiger partial charge is 0.462 e. The molecular formula is C10H10F2N2O5. The van der Waals surface area contributed by atoms with E-state index in [1.54, 1.807) is 0 Å². The lowest BCUT2D eigenvalue weighted by atomic mass is 10.1. The molecule has 0 aliphatic rings. The SMILES string of the molecule is CCOC(=O)c1ccc(N)c(OC(F)F)c1[N+](=O)[O-]. The van der Waals surface area contributed by atoms with Gasteiger partial charge in [0.2, 0.25) is 5.75 Å². The van der Waals surface area contributed by atoms with Crippen molar-refractivity contribution < 1.29 is 28.0 Å². The van der Waals surface area contributed by atoms with Crippen molar-refractivity contribution in [2.75, 3.05) is 12.3 Å². The fourth-order valence-corrected chi connectivity index (χ4v) is 1.35. The molecule has 1 aromatic carbocycles. The Kier molecular flexibility index (Phi) is 4.56. The summed E-state index contributed by atoms with van der Waals surface area (Å²) in [6.45, 7) is -1.83. The predicted molar refractivity (Wildman–Crippen MR) is 60.1 cm³/mol. The summed E-state index contributed by atoms with van der Waals surface area (Å²) in [5.41, 5.74) is 3.51. The maximum atomic E-state index is 12.2. The number of esters is 1. The van der Waals surface area contributed by atoms with Gasteiger partial charge in [-0.15, -0.1) is 0 Å². The quantitative estimate of drug-likeness (QED) is 0.381. The molecule has 0 fully saturated rings. The van der Waals surface area contributed by atoms with Crippen molar-refractivity contribution in [3.8, 4) is 5.75 Å². The van der Waals surface area contributed by atoms with E-state index in [2.05, 4.69) is 9.47 Å². The van der Waals surface area contributed by atoms with Gasteiger partial charge in [-0.2, -0.15) is 8.78 Å². The number of anilines is 1. The summed E-state index contributed by atoms with van der Waals surface area (Å²) < 4.78 is 33.0. The molecule has 0 atom stereocenters. The van der Waals surface area contributed by atoms with Gasteiger partial charge in [0.25, 0.3) is 0 Å². The van der Waals surface area contributed by atoms with Crippen molar-refractivity contribution in [1.82, 2.24) is 0 Å². The first kappa shape index (κ1) is 14.6. The van der Waals surface area contributed by atoms with Crippen LogP contribution >= 0.6 is 0 Å². The Hall–Kier alpha value is -2.45. The fraction of sp³-hybridized carbons (Fsp3) is 0.300. The zero-order valence-corrected chi connectivity index (χ0v) is 9.76. The molecule has 9 heteroatoms. The second-order valence-corrected chi connectivity index (χ2v) is 3.24. The number of hydrogen-bond donors (Lipinski definition) is 1. The van der Waals surface area contributed by atoms with E-state index in [0.717, 1.165) is 12.1 Å². The number of alkyl halides is 2. The fourth-order valence-electron chi connectivity index (χ4n) is 1.35. The Morgan fingerprint density at radius 1 is 1.53 bits per heavy atom. The summed E-state index contributed by atoms with van der Waals surface area (Å²) in [4.78, 5) is 21.4. The number of rotatable bonds is 5. The Bertz CT molecular complexity index is 507. The molecule has 0 amide bonds.